The molecule has 52 heavy (non-hydrogen) atoms. The maximum atomic E-state index is 6.47. The van der Waals surface area contributed by atoms with E-state index in [1.54, 1.807) is 0 Å². The van der Waals surface area contributed by atoms with Gasteiger partial charge in [-0.2, -0.15) is 0 Å². The summed E-state index contributed by atoms with van der Waals surface area (Å²) in [4.78, 5) is 9.33. The van der Waals surface area contributed by atoms with Crippen molar-refractivity contribution in [2.24, 2.45) is 0 Å². The molecule has 3 aromatic heterocycles. The van der Waals surface area contributed by atoms with Gasteiger partial charge in [-0.1, -0.05) is 145 Å². The number of hydrogen-bond acceptors (Lipinski definition) is 3. The predicted molar refractivity (Wildman–Crippen MR) is 219 cm³/mol. The molecule has 5 heteroatoms. The van der Waals surface area contributed by atoms with Gasteiger partial charge < -0.3 is 14.4 Å². The third kappa shape index (κ3) is 8.39. The van der Waals surface area contributed by atoms with E-state index in [0.717, 1.165) is 44.5 Å². The van der Waals surface area contributed by atoms with Crippen molar-refractivity contribution < 1.29 is 24.5 Å². The molecule has 7 aromatic rings. The normalized spacial score (nSPS) is 12.2. The number of hydrogen-bond donors (Lipinski definition) is 0. The van der Waals surface area contributed by atoms with Crippen LogP contribution in [0.1, 0.15) is 85.8 Å². The second-order valence-corrected chi connectivity index (χ2v) is 20.5. The number of rotatable bonds is 7. The summed E-state index contributed by atoms with van der Waals surface area (Å²) in [6.45, 7) is 22.5. The fraction of sp³-hybridized carbons (Fsp3) is 0.277. The molecule has 269 valence electrons. The fourth-order valence-corrected chi connectivity index (χ4v) is 8.40. The summed E-state index contributed by atoms with van der Waals surface area (Å²) in [5.41, 5.74) is 13.4. The minimum Gasteiger partial charge on any atom is -0.501 e. The van der Waals surface area contributed by atoms with Crippen molar-refractivity contribution in [2.45, 2.75) is 85.9 Å². The summed E-state index contributed by atoms with van der Waals surface area (Å²) < 4.78 is 6.47. The average molecular weight is 879 g/mol. The van der Waals surface area contributed by atoms with Crippen LogP contribution in [0.15, 0.2) is 108 Å². The van der Waals surface area contributed by atoms with Crippen LogP contribution in [0.25, 0.3) is 44.5 Å². The summed E-state index contributed by atoms with van der Waals surface area (Å²) in [6, 6.07) is 38.8. The van der Waals surface area contributed by atoms with E-state index in [0.29, 0.717) is 17.8 Å². The maximum Gasteiger partial charge on any atom is 0.121 e. The first-order valence-electron chi connectivity index (χ1n) is 18.2. The molecule has 1 radical (unpaired) electrons. The molecule has 0 saturated carbocycles. The molecule has 3 nitrogen and oxygen atoms in total. The predicted octanol–water partition coefficient (Wildman–Crippen LogP) is 12.6. The van der Waals surface area contributed by atoms with Crippen LogP contribution < -0.4 is 5.19 Å². The minimum atomic E-state index is -1.35. The third-order valence-electron chi connectivity index (χ3n) is 9.89. The number of benzene rings is 4. The first-order chi connectivity index (χ1) is 24.3. The first-order valence-corrected chi connectivity index (χ1v) is 21.7. The molecule has 1 atom stereocenters. The molecule has 0 spiro atoms. The second-order valence-electron chi connectivity index (χ2n) is 15.5. The zero-order valence-electron chi connectivity index (χ0n) is 32.2. The zero-order valence-corrected chi connectivity index (χ0v) is 35.6. The van der Waals surface area contributed by atoms with E-state index in [1.165, 1.54) is 38.6 Å². The number of furan rings is 1. The Morgan fingerprint density at radius 3 is 2.10 bits per heavy atom. The van der Waals surface area contributed by atoms with E-state index in [-0.39, 0.29) is 20.1 Å². The topological polar surface area (TPSA) is 38.9 Å². The van der Waals surface area contributed by atoms with E-state index in [1.807, 2.05) is 12.3 Å². The monoisotopic (exact) mass is 879 g/mol. The third-order valence-corrected chi connectivity index (χ3v) is 11.9. The van der Waals surface area contributed by atoms with Gasteiger partial charge in [0, 0.05) is 43.8 Å². The van der Waals surface area contributed by atoms with Gasteiger partial charge in [0.1, 0.15) is 5.58 Å². The summed E-state index contributed by atoms with van der Waals surface area (Å²) in [6.07, 6.45) is 3.98. The fourth-order valence-electron chi connectivity index (χ4n) is 6.72. The van der Waals surface area contributed by atoms with E-state index in [2.05, 4.69) is 176 Å². The van der Waals surface area contributed by atoms with Gasteiger partial charge in [0.05, 0.1) is 13.7 Å². The van der Waals surface area contributed by atoms with Crippen molar-refractivity contribution in [2.75, 3.05) is 0 Å². The maximum absolute atomic E-state index is 6.47. The molecule has 0 saturated heterocycles. The summed E-state index contributed by atoms with van der Waals surface area (Å²) in [7, 11) is -1.35. The van der Waals surface area contributed by atoms with E-state index < -0.39 is 8.07 Å². The van der Waals surface area contributed by atoms with Crippen LogP contribution in [-0.2, 0) is 20.1 Å². The van der Waals surface area contributed by atoms with Gasteiger partial charge in [-0.05, 0) is 51.7 Å². The molecule has 0 amide bonds. The van der Waals surface area contributed by atoms with Crippen LogP contribution in [0, 0.1) is 26.0 Å². The Balaban J connectivity index is 0.000000217. The van der Waals surface area contributed by atoms with Crippen molar-refractivity contribution in [1.29, 1.82) is 0 Å². The van der Waals surface area contributed by atoms with Gasteiger partial charge in [-0.15, -0.1) is 53.1 Å². The van der Waals surface area contributed by atoms with Crippen molar-refractivity contribution in [3.8, 4) is 22.5 Å². The molecule has 0 fully saturated rings. The van der Waals surface area contributed by atoms with Crippen LogP contribution in [0.3, 0.4) is 0 Å². The van der Waals surface area contributed by atoms with Crippen molar-refractivity contribution in [3.05, 3.63) is 149 Å². The Bertz CT molecular complexity index is 2280. The van der Waals surface area contributed by atoms with Gasteiger partial charge in [0.25, 0.3) is 0 Å². The molecule has 3 heterocycles. The molecule has 0 aliphatic carbocycles. The van der Waals surface area contributed by atoms with Gasteiger partial charge >= 0.3 is 0 Å². The Hall–Kier alpha value is -4.15. The largest absolute Gasteiger partial charge is 0.501 e. The summed E-state index contributed by atoms with van der Waals surface area (Å²) in [5, 5.41) is 3.77. The molecular formula is C47H50IrN2OSi-2. The Kier molecular flexibility index (Phi) is 12.2. The van der Waals surface area contributed by atoms with Gasteiger partial charge in [-0.3, -0.25) is 0 Å². The number of fused-ring (bicyclic) bond motifs is 3. The van der Waals surface area contributed by atoms with Crippen molar-refractivity contribution in [3.63, 3.8) is 0 Å². The number of aryl methyl sites for hydroxylation is 2. The quantitative estimate of drug-likeness (QED) is 0.118. The van der Waals surface area contributed by atoms with Crippen molar-refractivity contribution in [1.82, 2.24) is 9.97 Å². The number of pyridine rings is 2. The zero-order chi connectivity index (χ0) is 36.4. The molecule has 4 aromatic carbocycles. The van der Waals surface area contributed by atoms with E-state index in [4.69, 9.17) is 9.40 Å². The smallest absolute Gasteiger partial charge is 0.121 e. The van der Waals surface area contributed by atoms with E-state index in [9.17, 15) is 0 Å². The molecule has 0 bridgehead atoms. The number of nitrogens with zero attached hydrogens (tertiary/aromatic N) is 2. The van der Waals surface area contributed by atoms with Crippen LogP contribution in [0.2, 0.25) is 19.6 Å². The molecule has 0 N–H and O–H groups in total. The van der Waals surface area contributed by atoms with Crippen LogP contribution >= 0.6 is 0 Å². The molecule has 7 rings (SSSR count). The Morgan fingerprint density at radius 2 is 1.44 bits per heavy atom. The summed E-state index contributed by atoms with van der Waals surface area (Å²) in [5.74, 6) is 1.28. The van der Waals surface area contributed by atoms with Crippen LogP contribution in [-0.4, -0.2) is 18.0 Å². The Labute approximate surface area is 325 Å². The van der Waals surface area contributed by atoms with Crippen molar-refractivity contribution >= 4 is 35.2 Å². The van der Waals surface area contributed by atoms with Gasteiger partial charge in [-0.25, -0.2) is 0 Å². The van der Waals surface area contributed by atoms with Crippen LogP contribution in [0.4, 0.5) is 0 Å². The average Bonchev–Trinajstić information content (AvgIpc) is 3.51. The second kappa shape index (κ2) is 16.2. The minimum absolute atomic E-state index is 0. The molecular weight excluding hydrogens is 829 g/mol. The van der Waals surface area contributed by atoms with Crippen LogP contribution in [0.5, 0.6) is 0 Å². The molecule has 0 aliphatic heterocycles. The molecule has 1 unspecified atom stereocenters. The SMILES string of the molecule is Cc1c[c-]c(-c2cc(C(C)C)c([Si](C)(C)C)cn2)cc1.Cc1c[c-]c(-c2cc(C(C)C)ccn2)c2oc3cc(C(C)c4ccccc4)ccc3c12.[Ir]. The standard InChI is InChI=1S/C29H26NO.C18H24NSi.Ir/c1-18(2)22-14-15-30-26(16-22)24-12-10-19(3)28-25-13-11-23(17-27(25)31-29(24)28)20(4)21-8-6-5-7-9-21;1-13(2)16-11-17(15-9-7-14(3)8-10-15)19-12-18(16)20(4,5)6;/h5-11,13-18,20H,1-4H3;7-9,11-13H,1-6H3;/q2*-1;. The molecule has 0 aliphatic rings. The number of aromatic nitrogens is 2. The summed E-state index contributed by atoms with van der Waals surface area (Å²) >= 11 is 0. The van der Waals surface area contributed by atoms with Gasteiger partial charge in [0.2, 0.25) is 0 Å². The van der Waals surface area contributed by atoms with E-state index >= 15 is 0 Å². The van der Waals surface area contributed by atoms with Gasteiger partial charge in [0.15, 0.2) is 0 Å². The first kappa shape index (κ1) is 39.1. The Morgan fingerprint density at radius 1 is 0.692 bits per heavy atom.